The summed E-state index contributed by atoms with van der Waals surface area (Å²) in [5.74, 6) is 0.205. The van der Waals surface area contributed by atoms with Gasteiger partial charge in [0.1, 0.15) is 5.82 Å². The molecular weight excluding hydrogens is 378 g/mol. The first-order chi connectivity index (χ1) is 13.5. The van der Waals surface area contributed by atoms with Gasteiger partial charge in [0.05, 0.1) is 42.4 Å². The highest BCUT2D eigenvalue weighted by molar-refractivity contribution is 6.33. The number of anilines is 1. The van der Waals surface area contributed by atoms with Crippen LogP contribution >= 0.6 is 11.6 Å². The zero-order valence-corrected chi connectivity index (χ0v) is 16.5. The molecule has 7 heteroatoms. The van der Waals surface area contributed by atoms with Crippen LogP contribution in [-0.2, 0) is 11.2 Å². The number of nitriles is 1. The van der Waals surface area contributed by atoms with E-state index in [9.17, 15) is 10.2 Å². The van der Waals surface area contributed by atoms with Crippen molar-refractivity contribution in [3.05, 3.63) is 46.6 Å². The van der Waals surface area contributed by atoms with Crippen molar-refractivity contribution in [2.45, 2.75) is 31.9 Å². The molecule has 3 rings (SSSR count). The van der Waals surface area contributed by atoms with Crippen LogP contribution < -0.4 is 5.32 Å². The number of rotatable bonds is 6. The normalized spacial score (nSPS) is 20.4. The van der Waals surface area contributed by atoms with Crippen LogP contribution in [0.5, 0.6) is 0 Å². The molecule has 1 saturated heterocycles. The largest absolute Gasteiger partial charge is 0.395 e. The van der Waals surface area contributed by atoms with Crippen molar-refractivity contribution in [3.63, 3.8) is 0 Å². The van der Waals surface area contributed by atoms with Crippen LogP contribution in [0, 0.1) is 24.2 Å². The van der Waals surface area contributed by atoms with Crippen molar-refractivity contribution in [1.29, 1.82) is 5.26 Å². The molecule has 1 aliphatic heterocycles. The van der Waals surface area contributed by atoms with Crippen molar-refractivity contribution in [2.24, 2.45) is 5.92 Å². The quantitative estimate of drug-likeness (QED) is 0.688. The number of ether oxygens (including phenoxy) is 1. The molecule has 28 heavy (non-hydrogen) atoms. The first-order valence-electron chi connectivity index (χ1n) is 9.30. The SMILES string of the molecule is Cc1ccc(C[C@H](C#N)CO)cc1-c1cc(N[C@@H]2CCOC[C@H]2O)ncc1Cl. The van der Waals surface area contributed by atoms with E-state index in [0.29, 0.717) is 36.9 Å². The van der Waals surface area contributed by atoms with E-state index in [1.54, 1.807) is 6.20 Å². The fraction of sp³-hybridized carbons (Fsp3) is 0.429. The summed E-state index contributed by atoms with van der Waals surface area (Å²) in [4.78, 5) is 4.35. The molecule has 6 nitrogen and oxygen atoms in total. The first kappa shape index (κ1) is 20.6. The summed E-state index contributed by atoms with van der Waals surface area (Å²) in [5, 5.41) is 32.3. The van der Waals surface area contributed by atoms with E-state index in [0.717, 1.165) is 22.3 Å². The number of nitrogens with zero attached hydrogens (tertiary/aromatic N) is 2. The molecule has 0 unspecified atom stereocenters. The third-order valence-corrected chi connectivity index (χ3v) is 5.29. The first-order valence-corrected chi connectivity index (χ1v) is 9.68. The molecule has 1 aromatic carbocycles. The summed E-state index contributed by atoms with van der Waals surface area (Å²) in [7, 11) is 0. The lowest BCUT2D eigenvalue weighted by molar-refractivity contribution is -0.0135. The minimum atomic E-state index is -0.582. The maximum Gasteiger partial charge on any atom is 0.126 e. The Labute approximate surface area is 169 Å². The third kappa shape index (κ3) is 4.81. The zero-order valence-electron chi connectivity index (χ0n) is 15.7. The summed E-state index contributed by atoms with van der Waals surface area (Å²) in [5.41, 5.74) is 3.79. The topological polar surface area (TPSA) is 98.4 Å². The van der Waals surface area contributed by atoms with Crippen LogP contribution in [0.25, 0.3) is 11.1 Å². The van der Waals surface area contributed by atoms with Gasteiger partial charge in [-0.2, -0.15) is 5.26 Å². The summed E-state index contributed by atoms with van der Waals surface area (Å²) >= 11 is 6.43. The Bertz CT molecular complexity index is 868. The lowest BCUT2D eigenvalue weighted by Gasteiger charge is -2.29. The van der Waals surface area contributed by atoms with Crippen LogP contribution in [0.1, 0.15) is 17.5 Å². The molecule has 0 spiro atoms. The van der Waals surface area contributed by atoms with Crippen LogP contribution in [0.4, 0.5) is 5.82 Å². The van der Waals surface area contributed by atoms with Gasteiger partial charge in [-0.15, -0.1) is 0 Å². The second-order valence-electron chi connectivity index (χ2n) is 7.09. The second-order valence-corrected chi connectivity index (χ2v) is 7.50. The fourth-order valence-corrected chi connectivity index (χ4v) is 3.53. The highest BCUT2D eigenvalue weighted by Crippen LogP contribution is 2.33. The molecule has 0 radical (unpaired) electrons. The van der Waals surface area contributed by atoms with Crippen LogP contribution in [0.3, 0.4) is 0 Å². The number of benzene rings is 1. The monoisotopic (exact) mass is 401 g/mol. The number of aliphatic hydroxyl groups is 2. The van der Waals surface area contributed by atoms with Crippen LogP contribution in [0.15, 0.2) is 30.5 Å². The van der Waals surface area contributed by atoms with E-state index >= 15 is 0 Å². The molecule has 1 fully saturated rings. The van der Waals surface area contributed by atoms with Gasteiger partial charge >= 0.3 is 0 Å². The third-order valence-electron chi connectivity index (χ3n) is 4.99. The molecule has 2 heterocycles. The van der Waals surface area contributed by atoms with E-state index in [2.05, 4.69) is 16.4 Å². The number of hydrogen-bond acceptors (Lipinski definition) is 6. The molecule has 3 N–H and O–H groups in total. The number of aryl methyl sites for hydroxylation is 1. The molecular formula is C21H24ClN3O3. The number of nitrogens with one attached hydrogen (secondary N) is 1. The van der Waals surface area contributed by atoms with Gasteiger partial charge in [-0.1, -0.05) is 29.8 Å². The van der Waals surface area contributed by atoms with E-state index in [1.807, 2.05) is 31.2 Å². The van der Waals surface area contributed by atoms with Crippen molar-refractivity contribution >= 4 is 17.4 Å². The average Bonchev–Trinajstić information content (AvgIpc) is 2.70. The number of halogens is 1. The summed E-state index contributed by atoms with van der Waals surface area (Å²) in [6, 6.07) is 9.83. The highest BCUT2D eigenvalue weighted by atomic mass is 35.5. The average molecular weight is 402 g/mol. The molecule has 1 aromatic heterocycles. The van der Waals surface area contributed by atoms with Gasteiger partial charge in [0, 0.05) is 18.4 Å². The van der Waals surface area contributed by atoms with E-state index in [4.69, 9.17) is 21.6 Å². The molecule has 0 aliphatic carbocycles. The van der Waals surface area contributed by atoms with Gasteiger partial charge in [-0.05, 0) is 42.5 Å². The van der Waals surface area contributed by atoms with E-state index < -0.39 is 12.0 Å². The molecule has 0 saturated carbocycles. The van der Waals surface area contributed by atoms with Crippen molar-refractivity contribution in [2.75, 3.05) is 25.1 Å². The fourth-order valence-electron chi connectivity index (χ4n) is 3.33. The standard InChI is InChI=1S/C21H24ClN3O3/c1-13-2-3-14(6-15(9-23)11-26)7-16(13)17-8-21(24-10-18(17)22)25-19-4-5-28-12-20(19)27/h2-3,7-8,10,15,19-20,26-27H,4-6,11-12H2,1H3,(H,24,25)/t15-,19-,20-/m1/s1. The minimum Gasteiger partial charge on any atom is -0.395 e. The number of aromatic nitrogens is 1. The predicted octanol–water partition coefficient (Wildman–Crippen LogP) is 2.95. The van der Waals surface area contributed by atoms with Gasteiger partial charge < -0.3 is 20.3 Å². The Hall–Kier alpha value is -2.17. The second kappa shape index (κ2) is 9.35. The highest BCUT2D eigenvalue weighted by Gasteiger charge is 2.24. The van der Waals surface area contributed by atoms with Gasteiger partial charge in [0.15, 0.2) is 0 Å². The Morgan fingerprint density at radius 3 is 2.93 bits per heavy atom. The Morgan fingerprint density at radius 1 is 1.39 bits per heavy atom. The van der Waals surface area contributed by atoms with Gasteiger partial charge in [0.2, 0.25) is 0 Å². The summed E-state index contributed by atoms with van der Waals surface area (Å²) in [6.45, 7) is 2.74. The number of aliphatic hydroxyl groups excluding tert-OH is 2. The van der Waals surface area contributed by atoms with E-state index in [1.165, 1.54) is 0 Å². The van der Waals surface area contributed by atoms with Crippen molar-refractivity contribution in [1.82, 2.24) is 4.98 Å². The van der Waals surface area contributed by atoms with Crippen molar-refractivity contribution in [3.8, 4) is 17.2 Å². The maximum absolute atomic E-state index is 10.1. The summed E-state index contributed by atoms with van der Waals surface area (Å²) < 4.78 is 5.27. The summed E-state index contributed by atoms with van der Waals surface area (Å²) in [6.07, 6.45) is 2.19. The number of hydrogen-bond donors (Lipinski definition) is 3. The Kier molecular flexibility index (Phi) is 6.87. The molecule has 148 valence electrons. The van der Waals surface area contributed by atoms with Gasteiger partial charge in [-0.25, -0.2) is 4.98 Å². The number of pyridine rings is 1. The van der Waals surface area contributed by atoms with Crippen molar-refractivity contribution < 1.29 is 14.9 Å². The molecule has 0 amide bonds. The predicted molar refractivity (Wildman–Crippen MR) is 108 cm³/mol. The smallest absolute Gasteiger partial charge is 0.126 e. The Morgan fingerprint density at radius 2 is 2.21 bits per heavy atom. The van der Waals surface area contributed by atoms with E-state index in [-0.39, 0.29) is 12.6 Å². The van der Waals surface area contributed by atoms with Gasteiger partial charge in [0.25, 0.3) is 0 Å². The minimum absolute atomic E-state index is 0.122. The zero-order chi connectivity index (χ0) is 20.1. The molecule has 2 aromatic rings. The molecule has 3 atom stereocenters. The Balaban J connectivity index is 1.89. The van der Waals surface area contributed by atoms with Crippen LogP contribution in [-0.4, -0.2) is 47.2 Å². The van der Waals surface area contributed by atoms with Crippen LogP contribution in [0.2, 0.25) is 5.02 Å². The molecule has 0 bridgehead atoms. The van der Waals surface area contributed by atoms with Gasteiger partial charge in [-0.3, -0.25) is 0 Å². The maximum atomic E-state index is 10.1. The lowest BCUT2D eigenvalue weighted by atomic mass is 9.94. The lowest BCUT2D eigenvalue weighted by Crippen LogP contribution is -2.42. The molecule has 1 aliphatic rings.